The van der Waals surface area contributed by atoms with E-state index in [2.05, 4.69) is 4.90 Å². The Labute approximate surface area is 142 Å². The van der Waals surface area contributed by atoms with Crippen LogP contribution in [-0.2, 0) is 9.47 Å². The molecule has 7 nitrogen and oxygen atoms in total. The third-order valence-electron chi connectivity index (χ3n) is 3.85. The van der Waals surface area contributed by atoms with Gasteiger partial charge in [-0.1, -0.05) is 0 Å². The molecule has 1 aromatic carbocycles. The van der Waals surface area contributed by atoms with Crippen LogP contribution in [0.25, 0.3) is 0 Å². The van der Waals surface area contributed by atoms with Crippen LogP contribution in [0.3, 0.4) is 0 Å². The van der Waals surface area contributed by atoms with E-state index in [-0.39, 0.29) is 5.90 Å². The Morgan fingerprint density at radius 3 is 2.67 bits per heavy atom. The van der Waals surface area contributed by atoms with Gasteiger partial charge in [0.15, 0.2) is 11.5 Å². The van der Waals surface area contributed by atoms with Gasteiger partial charge in [0.05, 0.1) is 45.2 Å². The number of benzene rings is 1. The van der Waals surface area contributed by atoms with Crippen LogP contribution in [0.15, 0.2) is 12.1 Å². The highest BCUT2D eigenvalue weighted by Gasteiger charge is 2.16. The smallest absolute Gasteiger partial charge is 0.214 e. The van der Waals surface area contributed by atoms with E-state index in [0.717, 1.165) is 39.3 Å². The van der Waals surface area contributed by atoms with Gasteiger partial charge in [0.25, 0.3) is 0 Å². The molecular weight excluding hydrogens is 310 g/mol. The summed E-state index contributed by atoms with van der Waals surface area (Å²) in [4.78, 5) is 2.34. The van der Waals surface area contributed by atoms with Gasteiger partial charge in [0.1, 0.15) is 6.07 Å². The van der Waals surface area contributed by atoms with Crippen molar-refractivity contribution in [1.82, 2.24) is 4.90 Å². The summed E-state index contributed by atoms with van der Waals surface area (Å²) in [6.45, 7) is 4.95. The van der Waals surface area contributed by atoms with Crippen molar-refractivity contribution in [2.45, 2.75) is 6.42 Å². The number of rotatable bonds is 7. The van der Waals surface area contributed by atoms with Crippen molar-refractivity contribution in [1.29, 1.82) is 10.7 Å². The van der Waals surface area contributed by atoms with Crippen molar-refractivity contribution in [3.8, 4) is 17.6 Å². The molecule has 1 fully saturated rings. The summed E-state index contributed by atoms with van der Waals surface area (Å²) in [5.74, 6) is 0.910. The Bertz CT molecular complexity index is 607. The van der Waals surface area contributed by atoms with Gasteiger partial charge in [-0.2, -0.15) is 5.26 Å². The average Bonchev–Trinajstić information content (AvgIpc) is 2.64. The molecule has 1 saturated heterocycles. The van der Waals surface area contributed by atoms with Crippen LogP contribution in [0.1, 0.15) is 17.5 Å². The fourth-order valence-corrected chi connectivity index (χ4v) is 2.52. The van der Waals surface area contributed by atoms with Gasteiger partial charge in [0.2, 0.25) is 5.90 Å². The van der Waals surface area contributed by atoms with Crippen LogP contribution in [-0.4, -0.2) is 64.5 Å². The summed E-state index contributed by atoms with van der Waals surface area (Å²) in [7, 11) is 2.93. The van der Waals surface area contributed by atoms with Crippen molar-refractivity contribution in [3.05, 3.63) is 23.3 Å². The minimum atomic E-state index is -0.0765. The molecule has 1 N–H and O–H groups in total. The first-order valence-corrected chi connectivity index (χ1v) is 7.87. The van der Waals surface area contributed by atoms with Crippen molar-refractivity contribution in [2.24, 2.45) is 0 Å². The predicted octanol–water partition coefficient (Wildman–Crippen LogP) is 1.64. The summed E-state index contributed by atoms with van der Waals surface area (Å²) in [5, 5.41) is 17.0. The topological polar surface area (TPSA) is 87.8 Å². The number of nitrogens with one attached hydrogen (secondary N) is 1. The lowest BCUT2D eigenvalue weighted by Crippen LogP contribution is -2.37. The lowest BCUT2D eigenvalue weighted by molar-refractivity contribution is 0.0357. The first-order chi connectivity index (χ1) is 11.7. The molecule has 0 atom stereocenters. The molecule has 0 amide bonds. The fourth-order valence-electron chi connectivity index (χ4n) is 2.52. The lowest BCUT2D eigenvalue weighted by atomic mass is 10.1. The monoisotopic (exact) mass is 333 g/mol. The van der Waals surface area contributed by atoms with Gasteiger partial charge in [-0.05, 0) is 12.5 Å². The molecule has 0 bridgehead atoms. The quantitative estimate of drug-likeness (QED) is 0.464. The molecule has 0 aliphatic carbocycles. The zero-order valence-corrected chi connectivity index (χ0v) is 14.1. The molecule has 2 rings (SSSR count). The number of ether oxygens (including phenoxy) is 4. The molecular formula is C17H23N3O4. The third-order valence-corrected chi connectivity index (χ3v) is 3.85. The van der Waals surface area contributed by atoms with E-state index in [9.17, 15) is 5.26 Å². The van der Waals surface area contributed by atoms with E-state index < -0.39 is 0 Å². The van der Waals surface area contributed by atoms with E-state index in [1.165, 1.54) is 14.2 Å². The maximum absolute atomic E-state index is 9.22. The van der Waals surface area contributed by atoms with E-state index in [1.54, 1.807) is 12.1 Å². The number of hydrogen-bond acceptors (Lipinski definition) is 7. The third kappa shape index (κ3) is 4.60. The summed E-state index contributed by atoms with van der Waals surface area (Å²) >= 11 is 0. The van der Waals surface area contributed by atoms with E-state index >= 15 is 0 Å². The van der Waals surface area contributed by atoms with Crippen LogP contribution in [0.2, 0.25) is 0 Å². The molecule has 0 radical (unpaired) electrons. The molecule has 0 spiro atoms. The second-order valence-corrected chi connectivity index (χ2v) is 5.35. The second-order valence-electron chi connectivity index (χ2n) is 5.35. The van der Waals surface area contributed by atoms with Gasteiger partial charge in [-0.15, -0.1) is 0 Å². The summed E-state index contributed by atoms with van der Waals surface area (Å²) < 4.78 is 21.4. The maximum atomic E-state index is 9.22. The van der Waals surface area contributed by atoms with Gasteiger partial charge < -0.3 is 18.9 Å². The number of morpholine rings is 1. The van der Waals surface area contributed by atoms with Crippen molar-refractivity contribution in [3.63, 3.8) is 0 Å². The molecule has 0 aromatic heterocycles. The van der Waals surface area contributed by atoms with Crippen LogP contribution < -0.4 is 9.47 Å². The number of methoxy groups -OCH3 is 2. The highest BCUT2D eigenvalue weighted by atomic mass is 16.5. The molecule has 130 valence electrons. The Morgan fingerprint density at radius 2 is 2.04 bits per heavy atom. The molecule has 0 unspecified atom stereocenters. The Hall–Kier alpha value is -2.30. The average molecular weight is 333 g/mol. The SMILES string of the molecule is COC(=N)c1cc(OCCCN2CCOCC2)c(OC)cc1C#N. The number of nitrogens with zero attached hydrogens (tertiary/aromatic N) is 2. The molecule has 1 aliphatic rings. The minimum Gasteiger partial charge on any atom is -0.493 e. The van der Waals surface area contributed by atoms with Crippen molar-refractivity contribution >= 4 is 5.90 Å². The Kier molecular flexibility index (Phi) is 6.85. The van der Waals surface area contributed by atoms with Gasteiger partial charge in [-0.25, -0.2) is 0 Å². The van der Waals surface area contributed by atoms with Gasteiger partial charge in [0, 0.05) is 25.7 Å². The van der Waals surface area contributed by atoms with Crippen molar-refractivity contribution < 1.29 is 18.9 Å². The van der Waals surface area contributed by atoms with Crippen LogP contribution in [0.5, 0.6) is 11.5 Å². The van der Waals surface area contributed by atoms with E-state index in [0.29, 0.717) is 29.2 Å². The summed E-state index contributed by atoms with van der Waals surface area (Å²) in [5.41, 5.74) is 0.711. The van der Waals surface area contributed by atoms with E-state index in [1.807, 2.05) is 6.07 Å². The van der Waals surface area contributed by atoms with Gasteiger partial charge in [-0.3, -0.25) is 10.3 Å². The Morgan fingerprint density at radius 1 is 1.29 bits per heavy atom. The highest BCUT2D eigenvalue weighted by molar-refractivity contribution is 5.95. The molecule has 1 heterocycles. The number of nitriles is 1. The molecule has 7 heteroatoms. The van der Waals surface area contributed by atoms with E-state index in [4.69, 9.17) is 24.4 Å². The molecule has 0 saturated carbocycles. The van der Waals surface area contributed by atoms with Crippen molar-refractivity contribution in [2.75, 3.05) is 53.7 Å². The minimum absolute atomic E-state index is 0.0765. The molecule has 1 aromatic rings. The van der Waals surface area contributed by atoms with Crippen LogP contribution >= 0.6 is 0 Å². The molecule has 24 heavy (non-hydrogen) atoms. The lowest BCUT2D eigenvalue weighted by Gasteiger charge is -2.26. The normalized spacial score (nSPS) is 14.7. The fraction of sp³-hybridized carbons (Fsp3) is 0.529. The van der Waals surface area contributed by atoms with Crippen LogP contribution in [0, 0.1) is 16.7 Å². The summed E-state index contributed by atoms with van der Waals surface area (Å²) in [6, 6.07) is 5.24. The zero-order valence-electron chi connectivity index (χ0n) is 14.1. The zero-order chi connectivity index (χ0) is 17.4. The Balaban J connectivity index is 1.99. The molecule has 1 aliphatic heterocycles. The maximum Gasteiger partial charge on any atom is 0.214 e. The first-order valence-electron chi connectivity index (χ1n) is 7.87. The standard InChI is InChI=1S/C17H23N3O4/c1-21-15-10-13(12-18)14(17(19)22-2)11-16(15)24-7-3-4-20-5-8-23-9-6-20/h10-11,19H,3-9H2,1-2H3. The van der Waals surface area contributed by atoms with Crippen LogP contribution in [0.4, 0.5) is 0 Å². The first kappa shape index (κ1) is 18.0. The predicted molar refractivity (Wildman–Crippen MR) is 88.9 cm³/mol. The number of hydrogen-bond donors (Lipinski definition) is 1. The van der Waals surface area contributed by atoms with Gasteiger partial charge >= 0.3 is 0 Å². The highest BCUT2D eigenvalue weighted by Crippen LogP contribution is 2.31. The largest absolute Gasteiger partial charge is 0.493 e. The second kappa shape index (κ2) is 9.11. The summed E-state index contributed by atoms with van der Waals surface area (Å²) in [6.07, 6.45) is 0.875.